The van der Waals surface area contributed by atoms with E-state index in [4.69, 9.17) is 11.5 Å². The second kappa shape index (κ2) is 42.0. The van der Waals surface area contributed by atoms with Crippen LogP contribution in [-0.2, 0) is 0 Å². The molecule has 0 unspecified atom stereocenters. The van der Waals surface area contributed by atoms with Gasteiger partial charge in [-0.15, -0.1) is 0 Å². The van der Waals surface area contributed by atoms with Crippen LogP contribution in [0, 0.1) is 13.8 Å². The SMILES string of the molecule is CCCCCCCCCCCCCCCCCCCNC(=O)Nc1nc(N)nc(NC(=O)Nc2ccc(-c3ccc(NC(=O)Nc4nc(N)nc(NC(=O)NCCCCCCCCCCCCCCCCCCC)n4)c(C)c3)cc2C)n1. The number of nitrogens with one attached hydrogen (secondary N) is 8. The number of rotatable bonds is 43. The molecule has 0 atom stereocenters. The molecule has 4 aromatic rings. The van der Waals surface area contributed by atoms with Crippen LogP contribution in [0.25, 0.3) is 11.1 Å². The predicted molar refractivity (Wildman–Crippen MR) is 337 cm³/mol. The highest BCUT2D eigenvalue weighted by Gasteiger charge is 2.15. The highest BCUT2D eigenvalue weighted by Crippen LogP contribution is 2.29. The van der Waals surface area contributed by atoms with Crippen molar-refractivity contribution in [1.82, 2.24) is 40.5 Å². The fourth-order valence-electron chi connectivity index (χ4n) is 9.88. The Bertz CT molecular complexity index is 2290. The molecule has 12 N–H and O–H groups in total. The van der Waals surface area contributed by atoms with Gasteiger partial charge in [0.2, 0.25) is 35.7 Å². The standard InChI is InChI=1S/C62H102N16O4/c1-5-7-9-11-13-15-17-19-21-23-25-27-29-31-33-35-37-43-65-59(79)75-55-69-53(63)71-57(73-55)77-61(81)67-51-41-39-49(45-47(51)3)50-40-42-52(48(4)46-50)68-62(82)78-58-72-54(64)70-56(74-58)76-60(80)66-44-38-36-34-32-30-28-26-24-22-20-18-16-14-12-10-8-6-2/h39-42,45-46H,5-38,43-44H2,1-4H3,(H6,63,65,67,69,71,73,75,77,79,81)(H6,64,66,68,70,72,74,76,78,80,82). The fourth-order valence-corrected chi connectivity index (χ4v) is 9.88. The first-order valence-corrected chi connectivity index (χ1v) is 31.4. The third kappa shape index (κ3) is 30.8. The summed E-state index contributed by atoms with van der Waals surface area (Å²) in [4.78, 5) is 75.7. The van der Waals surface area contributed by atoms with Crippen molar-refractivity contribution in [2.75, 3.05) is 56.5 Å². The van der Waals surface area contributed by atoms with Gasteiger partial charge < -0.3 is 32.7 Å². The zero-order valence-corrected chi connectivity index (χ0v) is 50.4. The predicted octanol–water partition coefficient (Wildman–Crippen LogP) is 16.3. The van der Waals surface area contributed by atoms with Crippen molar-refractivity contribution in [3.63, 3.8) is 0 Å². The number of nitrogens with two attached hydrogens (primary N) is 2. The number of carbonyl (C=O) groups excluding carboxylic acids is 4. The Kier molecular flexibility index (Phi) is 34.7. The van der Waals surface area contributed by atoms with Gasteiger partial charge in [0, 0.05) is 24.5 Å². The minimum atomic E-state index is -0.621. The number of aryl methyl sites for hydroxylation is 2. The van der Waals surface area contributed by atoms with Crippen LogP contribution in [0.5, 0.6) is 0 Å². The molecule has 2 aromatic carbocycles. The number of hydrogen-bond donors (Lipinski definition) is 10. The molecule has 20 nitrogen and oxygen atoms in total. The van der Waals surface area contributed by atoms with E-state index in [1.165, 1.54) is 180 Å². The molecule has 2 aromatic heterocycles. The van der Waals surface area contributed by atoms with Crippen LogP contribution in [0.15, 0.2) is 36.4 Å². The quantitative estimate of drug-likeness (QED) is 0.0185. The number of unbranched alkanes of at least 4 members (excludes halogenated alkanes) is 32. The van der Waals surface area contributed by atoms with Crippen molar-refractivity contribution in [2.24, 2.45) is 0 Å². The largest absolute Gasteiger partial charge is 0.368 e. The lowest BCUT2D eigenvalue weighted by atomic mass is 10.00. The van der Waals surface area contributed by atoms with Crippen molar-refractivity contribution in [3.8, 4) is 11.1 Å². The number of carbonyl (C=O) groups is 4. The van der Waals surface area contributed by atoms with Crippen LogP contribution in [0.4, 0.5) is 66.2 Å². The summed E-state index contributed by atoms with van der Waals surface area (Å²) >= 11 is 0. The van der Waals surface area contributed by atoms with Crippen molar-refractivity contribution in [2.45, 2.75) is 246 Å². The summed E-state index contributed by atoms with van der Waals surface area (Å²) in [6, 6.07) is 8.92. The summed E-state index contributed by atoms with van der Waals surface area (Å²) in [5, 5.41) is 21.6. The highest BCUT2D eigenvalue weighted by atomic mass is 16.2. The molecule has 0 aliphatic carbocycles. The van der Waals surface area contributed by atoms with E-state index in [1.54, 1.807) is 12.1 Å². The van der Waals surface area contributed by atoms with E-state index in [1.807, 2.05) is 38.1 Å². The van der Waals surface area contributed by atoms with E-state index in [0.717, 1.165) is 60.8 Å². The van der Waals surface area contributed by atoms with Gasteiger partial charge in [-0.2, -0.15) is 29.9 Å². The smallest absolute Gasteiger partial charge is 0.326 e. The Labute approximate surface area is 490 Å². The first kappa shape index (κ1) is 67.6. The third-order valence-corrected chi connectivity index (χ3v) is 14.6. The molecule has 0 saturated carbocycles. The summed E-state index contributed by atoms with van der Waals surface area (Å²) < 4.78 is 0. The molecule has 454 valence electrons. The lowest BCUT2D eigenvalue weighted by Crippen LogP contribution is -2.30. The van der Waals surface area contributed by atoms with Crippen molar-refractivity contribution < 1.29 is 19.2 Å². The normalized spacial score (nSPS) is 11.0. The number of amides is 8. The first-order chi connectivity index (χ1) is 39.9. The summed E-state index contributed by atoms with van der Waals surface area (Å²) in [6.07, 6.45) is 43.9. The van der Waals surface area contributed by atoms with Gasteiger partial charge in [0.05, 0.1) is 0 Å². The summed E-state index contributed by atoms with van der Waals surface area (Å²) in [7, 11) is 0. The zero-order valence-electron chi connectivity index (χ0n) is 50.4. The molecule has 2 heterocycles. The van der Waals surface area contributed by atoms with E-state index in [2.05, 4.69) is 86.3 Å². The molecule has 0 aliphatic rings. The highest BCUT2D eigenvalue weighted by molar-refractivity contribution is 6.00. The summed E-state index contributed by atoms with van der Waals surface area (Å²) in [6.45, 7) is 9.28. The number of urea groups is 4. The molecule has 0 saturated heterocycles. The van der Waals surface area contributed by atoms with Crippen LogP contribution in [0.1, 0.15) is 243 Å². The molecule has 4 rings (SSSR count). The Balaban J connectivity index is 1.08. The average molecular weight is 1140 g/mol. The second-order valence-corrected chi connectivity index (χ2v) is 22.0. The van der Waals surface area contributed by atoms with Crippen LogP contribution < -0.4 is 54.0 Å². The van der Waals surface area contributed by atoms with Crippen molar-refractivity contribution in [1.29, 1.82) is 0 Å². The number of benzene rings is 2. The Morgan fingerprint density at radius 2 is 0.573 bits per heavy atom. The minimum absolute atomic E-state index is 0.0947. The van der Waals surface area contributed by atoms with Crippen molar-refractivity contribution in [3.05, 3.63) is 47.5 Å². The van der Waals surface area contributed by atoms with Gasteiger partial charge in [0.25, 0.3) is 0 Å². The molecular formula is C62H102N16O4. The fraction of sp³-hybridized carbons (Fsp3) is 0.645. The van der Waals surface area contributed by atoms with E-state index in [9.17, 15) is 19.2 Å². The van der Waals surface area contributed by atoms with Gasteiger partial charge in [-0.1, -0.05) is 231 Å². The maximum absolute atomic E-state index is 13.1. The van der Waals surface area contributed by atoms with Crippen LogP contribution >= 0.6 is 0 Å². The topological polar surface area (TPSA) is 294 Å². The van der Waals surface area contributed by atoms with E-state index < -0.39 is 24.1 Å². The van der Waals surface area contributed by atoms with E-state index in [0.29, 0.717) is 24.5 Å². The maximum atomic E-state index is 13.1. The molecule has 0 bridgehead atoms. The molecular weight excluding hydrogens is 1030 g/mol. The van der Waals surface area contributed by atoms with Gasteiger partial charge in [-0.05, 0) is 73.2 Å². The first-order valence-electron chi connectivity index (χ1n) is 31.4. The zero-order chi connectivity index (χ0) is 58.8. The molecule has 0 aliphatic heterocycles. The van der Waals surface area contributed by atoms with E-state index in [-0.39, 0.29) is 35.7 Å². The maximum Gasteiger partial charge on any atom is 0.326 e. The minimum Gasteiger partial charge on any atom is -0.368 e. The lowest BCUT2D eigenvalue weighted by molar-refractivity contribution is 0.251. The molecule has 0 spiro atoms. The Morgan fingerprint density at radius 3 is 0.829 bits per heavy atom. The molecule has 8 amide bonds. The number of anilines is 8. The number of aromatic nitrogens is 6. The monoisotopic (exact) mass is 1130 g/mol. The van der Waals surface area contributed by atoms with Gasteiger partial charge in [-0.3, -0.25) is 21.3 Å². The lowest BCUT2D eigenvalue weighted by Gasteiger charge is -2.14. The summed E-state index contributed by atoms with van der Waals surface area (Å²) in [5.74, 6) is -0.803. The number of nitrogen functional groups attached to an aromatic ring is 2. The van der Waals surface area contributed by atoms with Gasteiger partial charge in [-0.25, -0.2) is 19.2 Å². The summed E-state index contributed by atoms with van der Waals surface area (Å²) in [5.41, 5.74) is 16.2. The average Bonchev–Trinajstić information content (AvgIpc) is 3.48. The molecule has 82 heavy (non-hydrogen) atoms. The molecule has 20 heteroatoms. The molecule has 0 radical (unpaired) electrons. The van der Waals surface area contributed by atoms with E-state index >= 15 is 0 Å². The van der Waals surface area contributed by atoms with Gasteiger partial charge in [0.1, 0.15) is 0 Å². The number of hydrogen-bond acceptors (Lipinski definition) is 12. The van der Waals surface area contributed by atoms with Crippen molar-refractivity contribution >= 4 is 71.2 Å². The third-order valence-electron chi connectivity index (χ3n) is 14.6. The van der Waals surface area contributed by atoms with Crippen LogP contribution in [0.2, 0.25) is 0 Å². The second-order valence-electron chi connectivity index (χ2n) is 22.0. The Morgan fingerprint density at radius 1 is 0.329 bits per heavy atom. The molecule has 0 fully saturated rings. The Hall–Kier alpha value is -6.86. The van der Waals surface area contributed by atoms with Crippen LogP contribution in [-0.4, -0.2) is 67.1 Å². The van der Waals surface area contributed by atoms with Crippen LogP contribution in [0.3, 0.4) is 0 Å². The number of nitrogens with zero attached hydrogens (tertiary/aromatic N) is 6. The van der Waals surface area contributed by atoms with Gasteiger partial charge in [0.15, 0.2) is 0 Å². The van der Waals surface area contributed by atoms with Gasteiger partial charge >= 0.3 is 24.1 Å².